The van der Waals surface area contributed by atoms with Crippen LogP contribution in [0.2, 0.25) is 0 Å². The molecule has 11 heavy (non-hydrogen) atoms. The summed E-state index contributed by atoms with van der Waals surface area (Å²) >= 11 is 0. The van der Waals surface area contributed by atoms with E-state index < -0.39 is 14.2 Å². The van der Waals surface area contributed by atoms with Crippen molar-refractivity contribution < 1.29 is 18.4 Å². The van der Waals surface area contributed by atoms with Crippen molar-refractivity contribution in [3.8, 4) is 0 Å². The third kappa shape index (κ3) is 4.58. The van der Waals surface area contributed by atoms with Gasteiger partial charge < -0.3 is 14.8 Å². The van der Waals surface area contributed by atoms with Gasteiger partial charge in [0.15, 0.2) is 5.76 Å². The molecule has 1 atom stereocenters. The zero-order valence-electron chi connectivity index (χ0n) is 6.12. The topological polar surface area (TPSA) is 78.6 Å². The summed E-state index contributed by atoms with van der Waals surface area (Å²) in [5.41, 5.74) is 4.74. The number of carbonyl (C=O) groups is 1. The molecule has 0 saturated heterocycles. The fraction of sp³-hybridized carbons (Fsp3) is 0.400. The molecule has 0 radical (unpaired) electrons. The second kappa shape index (κ2) is 4.93. The highest BCUT2D eigenvalue weighted by Crippen LogP contribution is 2.26. The molecule has 5 nitrogen and oxygen atoms in total. The molecule has 0 aliphatic carbocycles. The zero-order chi connectivity index (χ0) is 8.85. The van der Waals surface area contributed by atoms with Crippen molar-refractivity contribution in [1.82, 2.24) is 0 Å². The minimum absolute atomic E-state index is 0.254. The third-order valence-corrected chi connectivity index (χ3v) is 1.68. The summed E-state index contributed by atoms with van der Waals surface area (Å²) in [7, 11) is -2.63. The SMILES string of the molecule is C=C(O[PH](=O)OCC)C(N)=O. The van der Waals surface area contributed by atoms with E-state index in [2.05, 4.69) is 15.6 Å². The molecule has 0 fully saturated rings. The summed E-state index contributed by atoms with van der Waals surface area (Å²) in [4.78, 5) is 10.3. The molecule has 0 aliphatic heterocycles. The van der Waals surface area contributed by atoms with Crippen molar-refractivity contribution in [2.45, 2.75) is 6.92 Å². The van der Waals surface area contributed by atoms with Gasteiger partial charge in [0.1, 0.15) is 0 Å². The van der Waals surface area contributed by atoms with Crippen molar-refractivity contribution in [3.05, 3.63) is 12.3 Å². The second-order valence-electron chi connectivity index (χ2n) is 1.57. The van der Waals surface area contributed by atoms with Gasteiger partial charge in [-0.05, 0) is 6.92 Å². The van der Waals surface area contributed by atoms with Gasteiger partial charge in [-0.1, -0.05) is 6.58 Å². The minimum Gasteiger partial charge on any atom is -0.421 e. The third-order valence-electron chi connectivity index (χ3n) is 0.744. The molecule has 64 valence electrons. The van der Waals surface area contributed by atoms with Gasteiger partial charge in [-0.2, -0.15) is 0 Å². The Hall–Kier alpha value is -0.800. The molecule has 0 rings (SSSR count). The normalized spacial score (nSPS) is 12.1. The first-order valence-corrected chi connectivity index (χ1v) is 4.13. The summed E-state index contributed by atoms with van der Waals surface area (Å²) in [6.07, 6.45) is 0. The van der Waals surface area contributed by atoms with Crippen LogP contribution in [-0.4, -0.2) is 12.5 Å². The molecule has 0 aromatic heterocycles. The Morgan fingerprint density at radius 3 is 2.64 bits per heavy atom. The molecule has 0 spiro atoms. The van der Waals surface area contributed by atoms with Gasteiger partial charge in [-0.25, -0.2) is 4.57 Å². The Balaban J connectivity index is 3.76. The average Bonchev–Trinajstić information content (AvgIpc) is 1.87. The highest BCUT2D eigenvalue weighted by atomic mass is 31.1. The molecular formula is C5H10NO4P. The van der Waals surface area contributed by atoms with Crippen LogP contribution in [0.1, 0.15) is 6.92 Å². The Kier molecular flexibility index (Phi) is 4.57. The van der Waals surface area contributed by atoms with Gasteiger partial charge in [0.05, 0.1) is 6.61 Å². The molecule has 2 N–H and O–H groups in total. The lowest BCUT2D eigenvalue weighted by molar-refractivity contribution is -0.116. The van der Waals surface area contributed by atoms with E-state index in [9.17, 15) is 9.36 Å². The van der Waals surface area contributed by atoms with Crippen LogP contribution in [0.5, 0.6) is 0 Å². The maximum absolute atomic E-state index is 10.6. The number of carbonyl (C=O) groups excluding carboxylic acids is 1. The maximum Gasteiger partial charge on any atom is 0.367 e. The van der Waals surface area contributed by atoms with Gasteiger partial charge in [0.2, 0.25) is 0 Å². The fourth-order valence-corrected chi connectivity index (χ4v) is 0.895. The zero-order valence-corrected chi connectivity index (χ0v) is 7.12. The van der Waals surface area contributed by atoms with Crippen LogP contribution in [0.15, 0.2) is 12.3 Å². The average molecular weight is 179 g/mol. The number of rotatable bonds is 5. The minimum atomic E-state index is -2.63. The summed E-state index contributed by atoms with van der Waals surface area (Å²) in [5, 5.41) is 0. The number of primary amides is 1. The van der Waals surface area contributed by atoms with Crippen LogP contribution >= 0.6 is 8.25 Å². The van der Waals surface area contributed by atoms with Crippen LogP contribution in [0.4, 0.5) is 0 Å². The number of hydrogen-bond acceptors (Lipinski definition) is 4. The van der Waals surface area contributed by atoms with E-state index in [-0.39, 0.29) is 12.4 Å². The number of amides is 1. The molecule has 1 unspecified atom stereocenters. The van der Waals surface area contributed by atoms with E-state index in [4.69, 9.17) is 5.73 Å². The summed E-state index contributed by atoms with van der Waals surface area (Å²) in [6.45, 7) is 5.03. The van der Waals surface area contributed by atoms with Crippen LogP contribution in [-0.2, 0) is 18.4 Å². The maximum atomic E-state index is 10.6. The monoisotopic (exact) mass is 179 g/mol. The molecule has 6 heteroatoms. The Morgan fingerprint density at radius 1 is 1.73 bits per heavy atom. The predicted octanol–water partition coefficient (Wildman–Crippen LogP) is 0.428. The highest BCUT2D eigenvalue weighted by molar-refractivity contribution is 7.33. The van der Waals surface area contributed by atoms with E-state index in [1.54, 1.807) is 6.92 Å². The molecule has 0 aromatic rings. The summed E-state index contributed by atoms with van der Waals surface area (Å²) in [6, 6.07) is 0. The summed E-state index contributed by atoms with van der Waals surface area (Å²) < 4.78 is 19.6. The van der Waals surface area contributed by atoms with E-state index >= 15 is 0 Å². The van der Waals surface area contributed by atoms with Crippen LogP contribution in [0, 0.1) is 0 Å². The predicted molar refractivity (Wildman–Crippen MR) is 40.0 cm³/mol. The lowest BCUT2D eigenvalue weighted by atomic mass is 10.6. The lowest BCUT2D eigenvalue weighted by Gasteiger charge is -2.03. The van der Waals surface area contributed by atoms with E-state index in [0.29, 0.717) is 0 Å². The molecular weight excluding hydrogens is 169 g/mol. The molecule has 0 aromatic carbocycles. The van der Waals surface area contributed by atoms with Crippen molar-refractivity contribution in [3.63, 3.8) is 0 Å². The van der Waals surface area contributed by atoms with Crippen molar-refractivity contribution in [2.24, 2.45) is 5.73 Å². The largest absolute Gasteiger partial charge is 0.421 e. The number of nitrogens with two attached hydrogens (primary N) is 1. The van der Waals surface area contributed by atoms with E-state index in [1.165, 1.54) is 0 Å². The van der Waals surface area contributed by atoms with E-state index in [0.717, 1.165) is 0 Å². The van der Waals surface area contributed by atoms with Crippen molar-refractivity contribution >= 4 is 14.2 Å². The first kappa shape index (κ1) is 10.2. The Morgan fingerprint density at radius 2 is 2.27 bits per heavy atom. The molecule has 0 aliphatic rings. The smallest absolute Gasteiger partial charge is 0.367 e. The van der Waals surface area contributed by atoms with Crippen LogP contribution < -0.4 is 5.73 Å². The summed E-state index contributed by atoms with van der Waals surface area (Å²) in [5.74, 6) is -1.19. The van der Waals surface area contributed by atoms with Crippen molar-refractivity contribution in [2.75, 3.05) is 6.61 Å². The molecule has 0 bridgehead atoms. The second-order valence-corrected chi connectivity index (χ2v) is 2.57. The van der Waals surface area contributed by atoms with Gasteiger partial charge in [-0.3, -0.25) is 4.79 Å². The first-order valence-electron chi connectivity index (χ1n) is 2.91. The van der Waals surface area contributed by atoms with E-state index in [1.807, 2.05) is 0 Å². The molecule has 1 amide bonds. The van der Waals surface area contributed by atoms with Gasteiger partial charge in [0.25, 0.3) is 5.91 Å². The van der Waals surface area contributed by atoms with Crippen molar-refractivity contribution in [1.29, 1.82) is 0 Å². The Labute approximate surface area is 65.1 Å². The molecule has 0 heterocycles. The highest BCUT2D eigenvalue weighted by Gasteiger charge is 2.06. The van der Waals surface area contributed by atoms with Gasteiger partial charge in [0, 0.05) is 0 Å². The standard InChI is InChI=1S/C5H10NO4P/c1-3-9-11(8)10-4(2)5(6)7/h11H,2-3H2,1H3,(H2,6,7). The number of hydrogen-bond donors (Lipinski definition) is 1. The first-order chi connectivity index (χ1) is 5.07. The Bertz CT molecular complexity index is 191. The van der Waals surface area contributed by atoms with Crippen LogP contribution in [0.3, 0.4) is 0 Å². The lowest BCUT2D eigenvalue weighted by Crippen LogP contribution is -2.13. The van der Waals surface area contributed by atoms with Gasteiger partial charge >= 0.3 is 8.25 Å². The van der Waals surface area contributed by atoms with Crippen LogP contribution in [0.25, 0.3) is 0 Å². The fourth-order valence-electron chi connectivity index (χ4n) is 0.298. The van der Waals surface area contributed by atoms with Gasteiger partial charge in [-0.15, -0.1) is 0 Å². The molecule has 0 saturated carbocycles. The quantitative estimate of drug-likeness (QED) is 0.377.